The summed E-state index contributed by atoms with van der Waals surface area (Å²) < 4.78 is 20.3. The first kappa shape index (κ1) is 19.2. The van der Waals surface area contributed by atoms with Gasteiger partial charge in [-0.3, -0.25) is 4.79 Å². The minimum Gasteiger partial charge on any atom is -0.489 e. The van der Waals surface area contributed by atoms with Gasteiger partial charge in [0.1, 0.15) is 18.2 Å². The van der Waals surface area contributed by atoms with Crippen LogP contribution in [0.1, 0.15) is 29.3 Å². The summed E-state index contributed by atoms with van der Waals surface area (Å²) in [5, 5.41) is 4.21. The zero-order valence-electron chi connectivity index (χ0n) is 15.6. The van der Waals surface area contributed by atoms with E-state index in [9.17, 15) is 9.18 Å². The van der Waals surface area contributed by atoms with Gasteiger partial charge in [-0.25, -0.2) is 4.39 Å². The van der Waals surface area contributed by atoms with Gasteiger partial charge in [-0.15, -0.1) is 0 Å². The predicted octanol–water partition coefficient (Wildman–Crippen LogP) is 4.83. The Labute approximate surface area is 162 Å². The summed E-state index contributed by atoms with van der Waals surface area (Å²) in [5.41, 5.74) is 4.20. The molecule has 6 heteroatoms. The third kappa shape index (κ3) is 4.25. The van der Waals surface area contributed by atoms with Crippen molar-refractivity contribution in [1.29, 1.82) is 0 Å². The fourth-order valence-corrected chi connectivity index (χ4v) is 3.38. The number of hydrogen-bond acceptors (Lipinski definition) is 2. The number of fused-ring (bicyclic) bond motifs is 1. The number of aromatic nitrogens is 1. The van der Waals surface area contributed by atoms with E-state index in [4.69, 9.17) is 16.3 Å². The van der Waals surface area contributed by atoms with Crippen LogP contribution >= 0.6 is 11.6 Å². The lowest BCUT2D eigenvalue weighted by Crippen LogP contribution is -2.22. The summed E-state index contributed by atoms with van der Waals surface area (Å²) in [6, 6.07) is 8.68. The zero-order valence-corrected chi connectivity index (χ0v) is 16.3. The molecule has 4 nitrogen and oxygen atoms in total. The van der Waals surface area contributed by atoms with Crippen molar-refractivity contribution >= 4 is 28.4 Å². The van der Waals surface area contributed by atoms with Gasteiger partial charge in [-0.1, -0.05) is 23.7 Å². The van der Waals surface area contributed by atoms with Crippen LogP contribution in [0.5, 0.6) is 5.75 Å². The Morgan fingerprint density at radius 1 is 1.26 bits per heavy atom. The minimum absolute atomic E-state index is 0.0846. The molecule has 1 aromatic heterocycles. The predicted molar refractivity (Wildman–Crippen MR) is 106 cm³/mol. The number of rotatable bonds is 6. The Kier molecular flexibility index (Phi) is 5.71. The van der Waals surface area contributed by atoms with Crippen molar-refractivity contribution in [3.8, 4) is 5.75 Å². The molecule has 0 saturated heterocycles. The van der Waals surface area contributed by atoms with Gasteiger partial charge in [0.15, 0.2) is 0 Å². The minimum atomic E-state index is -0.304. The highest BCUT2D eigenvalue weighted by Gasteiger charge is 2.16. The van der Waals surface area contributed by atoms with E-state index in [1.165, 1.54) is 13.0 Å². The van der Waals surface area contributed by atoms with Crippen molar-refractivity contribution in [2.75, 3.05) is 6.54 Å². The van der Waals surface area contributed by atoms with Gasteiger partial charge < -0.3 is 15.0 Å². The lowest BCUT2D eigenvalue weighted by Gasteiger charge is -2.12. The number of carbonyl (C=O) groups is 1. The fourth-order valence-electron chi connectivity index (χ4n) is 3.22. The number of aromatic amines is 1. The Morgan fingerprint density at radius 3 is 2.78 bits per heavy atom. The first-order valence-electron chi connectivity index (χ1n) is 8.78. The standard InChI is InChI=1S/C21H22ClFN2O2/c1-12-4-6-16(22)10-19(12)27-11-15-5-7-18(23)21-20(15)17(13(2)25-21)8-9-24-14(3)26/h4-7,10,25H,8-9,11H2,1-3H3,(H,24,26). The van der Waals surface area contributed by atoms with Crippen molar-refractivity contribution in [2.24, 2.45) is 0 Å². The highest BCUT2D eigenvalue weighted by atomic mass is 35.5. The number of halogens is 2. The van der Waals surface area contributed by atoms with Crippen LogP contribution in [0, 0.1) is 19.7 Å². The maximum Gasteiger partial charge on any atom is 0.216 e. The molecule has 0 unspecified atom stereocenters. The third-order valence-corrected chi connectivity index (χ3v) is 4.83. The molecule has 2 N–H and O–H groups in total. The molecule has 142 valence electrons. The average Bonchev–Trinajstić information content (AvgIpc) is 2.95. The second-order valence-electron chi connectivity index (χ2n) is 6.62. The van der Waals surface area contributed by atoms with Crippen molar-refractivity contribution in [2.45, 2.75) is 33.8 Å². The maximum atomic E-state index is 14.3. The summed E-state index contributed by atoms with van der Waals surface area (Å²) >= 11 is 6.06. The second-order valence-corrected chi connectivity index (χ2v) is 7.05. The Bertz CT molecular complexity index is 998. The summed E-state index contributed by atoms with van der Waals surface area (Å²) in [5.74, 6) is 0.312. The molecule has 2 aromatic carbocycles. The van der Waals surface area contributed by atoms with Gasteiger partial charge in [0.25, 0.3) is 0 Å². The quantitative estimate of drug-likeness (QED) is 0.635. The van der Waals surface area contributed by atoms with E-state index in [1.807, 2.05) is 26.0 Å². The molecule has 3 rings (SSSR count). The molecule has 0 bridgehead atoms. The van der Waals surface area contributed by atoms with E-state index in [2.05, 4.69) is 10.3 Å². The summed E-state index contributed by atoms with van der Waals surface area (Å²) in [7, 11) is 0. The van der Waals surface area contributed by atoms with Gasteiger partial charge in [0.05, 0.1) is 5.52 Å². The average molecular weight is 389 g/mol. The van der Waals surface area contributed by atoms with E-state index in [0.717, 1.165) is 27.8 Å². The largest absolute Gasteiger partial charge is 0.489 e. The summed E-state index contributed by atoms with van der Waals surface area (Å²) in [4.78, 5) is 14.3. The van der Waals surface area contributed by atoms with Crippen LogP contribution in [0.3, 0.4) is 0 Å². The number of ether oxygens (including phenoxy) is 1. The Balaban J connectivity index is 1.93. The molecule has 0 atom stereocenters. The van der Waals surface area contributed by atoms with Crippen LogP contribution in [-0.2, 0) is 17.8 Å². The molecule has 1 amide bonds. The molecule has 0 saturated carbocycles. The van der Waals surface area contributed by atoms with Crippen molar-refractivity contribution < 1.29 is 13.9 Å². The molecule has 27 heavy (non-hydrogen) atoms. The van der Waals surface area contributed by atoms with Gasteiger partial charge >= 0.3 is 0 Å². The van der Waals surface area contributed by atoms with Crippen LogP contribution in [0.15, 0.2) is 30.3 Å². The highest BCUT2D eigenvalue weighted by Crippen LogP contribution is 2.30. The van der Waals surface area contributed by atoms with E-state index in [-0.39, 0.29) is 11.7 Å². The van der Waals surface area contributed by atoms with Crippen LogP contribution in [-0.4, -0.2) is 17.4 Å². The first-order chi connectivity index (χ1) is 12.9. The lowest BCUT2D eigenvalue weighted by atomic mass is 10.0. The molecule has 0 spiro atoms. The van der Waals surface area contributed by atoms with Crippen LogP contribution in [0.4, 0.5) is 4.39 Å². The van der Waals surface area contributed by atoms with Crippen LogP contribution in [0.25, 0.3) is 10.9 Å². The van der Waals surface area contributed by atoms with E-state index in [1.54, 1.807) is 12.1 Å². The second kappa shape index (κ2) is 8.01. The van der Waals surface area contributed by atoms with Crippen LogP contribution < -0.4 is 10.1 Å². The SMILES string of the molecule is CC(=O)NCCc1c(C)[nH]c2c(F)ccc(COc3cc(Cl)ccc3C)c12. The van der Waals surface area contributed by atoms with Crippen LogP contribution in [0.2, 0.25) is 5.02 Å². The van der Waals surface area contributed by atoms with Gasteiger partial charge in [0.2, 0.25) is 5.91 Å². The van der Waals surface area contributed by atoms with E-state index < -0.39 is 0 Å². The Hall–Kier alpha value is -2.53. The summed E-state index contributed by atoms with van der Waals surface area (Å²) in [6.45, 7) is 6.13. The summed E-state index contributed by atoms with van der Waals surface area (Å²) in [6.07, 6.45) is 0.609. The molecule has 0 aliphatic carbocycles. The number of hydrogen-bond donors (Lipinski definition) is 2. The number of benzene rings is 2. The van der Waals surface area contributed by atoms with Gasteiger partial charge in [-0.05, 0) is 55.2 Å². The molecule has 0 aliphatic heterocycles. The third-order valence-electron chi connectivity index (χ3n) is 4.59. The number of nitrogens with one attached hydrogen (secondary N) is 2. The zero-order chi connectivity index (χ0) is 19.6. The van der Waals surface area contributed by atoms with Gasteiger partial charge in [-0.2, -0.15) is 0 Å². The normalized spacial score (nSPS) is 11.0. The smallest absolute Gasteiger partial charge is 0.216 e. The van der Waals surface area contributed by atoms with Crippen molar-refractivity contribution in [3.63, 3.8) is 0 Å². The molecule has 3 aromatic rings. The number of amides is 1. The van der Waals surface area contributed by atoms with E-state index in [0.29, 0.717) is 35.9 Å². The van der Waals surface area contributed by atoms with Crippen molar-refractivity contribution in [3.05, 3.63) is 63.6 Å². The fraction of sp³-hybridized carbons (Fsp3) is 0.286. The number of H-pyrrole nitrogens is 1. The van der Waals surface area contributed by atoms with E-state index >= 15 is 0 Å². The molecule has 0 radical (unpaired) electrons. The number of carbonyl (C=O) groups excluding carboxylic acids is 1. The van der Waals surface area contributed by atoms with Crippen molar-refractivity contribution in [1.82, 2.24) is 10.3 Å². The monoisotopic (exact) mass is 388 g/mol. The number of aryl methyl sites for hydroxylation is 2. The lowest BCUT2D eigenvalue weighted by molar-refractivity contribution is -0.118. The molecular weight excluding hydrogens is 367 g/mol. The van der Waals surface area contributed by atoms with Gasteiger partial charge in [0, 0.05) is 29.6 Å². The molecule has 1 heterocycles. The maximum absolute atomic E-state index is 14.3. The Morgan fingerprint density at radius 2 is 2.04 bits per heavy atom. The molecule has 0 fully saturated rings. The highest BCUT2D eigenvalue weighted by molar-refractivity contribution is 6.30. The molecule has 0 aliphatic rings. The topological polar surface area (TPSA) is 54.1 Å². The molecular formula is C21H22ClFN2O2. The first-order valence-corrected chi connectivity index (χ1v) is 9.16.